The molecule has 1 aliphatic heterocycles. The van der Waals surface area contributed by atoms with Crippen molar-refractivity contribution in [2.75, 3.05) is 13.6 Å². The standard InChI is InChI=1S/C14H16FN5O2/c1-8-5-17-12(20(8)2)10(4-16)7-18-13(21)9-3-11(15)14(22)19-6-9/h3-6,16-17H,7H2,1-2H3,(H,18,21)(H,19,22)/b12-10-,16-4?. The number of pyridine rings is 1. The highest BCUT2D eigenvalue weighted by atomic mass is 19.1. The van der Waals surface area contributed by atoms with Crippen molar-refractivity contribution in [3.8, 4) is 5.88 Å². The molecule has 2 rings (SSSR count). The van der Waals surface area contributed by atoms with Crippen LogP contribution in [0.3, 0.4) is 0 Å². The molecule has 0 bridgehead atoms. The van der Waals surface area contributed by atoms with Gasteiger partial charge in [0.2, 0.25) is 5.88 Å². The molecule has 0 atom stereocenters. The Morgan fingerprint density at radius 3 is 2.91 bits per heavy atom. The molecule has 1 aromatic heterocycles. The molecule has 2 heterocycles. The molecule has 0 saturated heterocycles. The monoisotopic (exact) mass is 305 g/mol. The van der Waals surface area contributed by atoms with E-state index in [1.54, 1.807) is 6.20 Å². The smallest absolute Gasteiger partial charge is 0.253 e. The van der Waals surface area contributed by atoms with Crippen LogP contribution in [-0.2, 0) is 0 Å². The summed E-state index contributed by atoms with van der Waals surface area (Å²) in [7, 11) is 1.84. The summed E-state index contributed by atoms with van der Waals surface area (Å²) in [6.07, 6.45) is 4.01. The molecule has 0 spiro atoms. The summed E-state index contributed by atoms with van der Waals surface area (Å²) < 4.78 is 13.2. The van der Waals surface area contributed by atoms with Gasteiger partial charge >= 0.3 is 0 Å². The Morgan fingerprint density at radius 2 is 2.36 bits per heavy atom. The van der Waals surface area contributed by atoms with Crippen LogP contribution in [0.15, 0.2) is 35.6 Å². The van der Waals surface area contributed by atoms with Gasteiger partial charge in [0.25, 0.3) is 5.91 Å². The first-order chi connectivity index (χ1) is 10.4. The number of hydrogen-bond donors (Lipinski definition) is 4. The van der Waals surface area contributed by atoms with Crippen molar-refractivity contribution in [2.45, 2.75) is 6.92 Å². The van der Waals surface area contributed by atoms with Gasteiger partial charge in [0.1, 0.15) is 5.82 Å². The van der Waals surface area contributed by atoms with Crippen LogP contribution in [0.5, 0.6) is 5.88 Å². The number of nitrogens with zero attached hydrogens (tertiary/aromatic N) is 2. The van der Waals surface area contributed by atoms with Gasteiger partial charge in [-0.25, -0.2) is 9.37 Å². The van der Waals surface area contributed by atoms with Crippen LogP contribution in [0, 0.1) is 11.2 Å². The first-order valence-corrected chi connectivity index (χ1v) is 6.47. The third-order valence-corrected chi connectivity index (χ3v) is 3.28. The summed E-state index contributed by atoms with van der Waals surface area (Å²) in [6.45, 7) is 2.00. The minimum absolute atomic E-state index is 0.00771. The second-order valence-electron chi connectivity index (χ2n) is 4.72. The minimum atomic E-state index is -0.963. The molecular formula is C14H16FN5O2. The highest BCUT2D eigenvalue weighted by Gasteiger charge is 2.17. The summed E-state index contributed by atoms with van der Waals surface area (Å²) >= 11 is 0. The molecule has 0 saturated carbocycles. The number of carbonyl (C=O) groups excluding carboxylic acids is 1. The molecule has 22 heavy (non-hydrogen) atoms. The molecule has 0 aliphatic carbocycles. The largest absolute Gasteiger partial charge is 0.491 e. The van der Waals surface area contributed by atoms with Gasteiger partial charge in [0.05, 0.1) is 5.56 Å². The van der Waals surface area contributed by atoms with Crippen molar-refractivity contribution in [3.63, 3.8) is 0 Å². The molecule has 0 unspecified atom stereocenters. The molecule has 0 radical (unpaired) electrons. The van der Waals surface area contributed by atoms with Gasteiger partial charge in [0, 0.05) is 43.5 Å². The van der Waals surface area contributed by atoms with E-state index in [0.29, 0.717) is 11.4 Å². The number of rotatable bonds is 4. The van der Waals surface area contributed by atoms with E-state index < -0.39 is 17.6 Å². The third-order valence-electron chi connectivity index (χ3n) is 3.28. The summed E-state index contributed by atoms with van der Waals surface area (Å²) in [5, 5.41) is 22.1. The Kier molecular flexibility index (Phi) is 4.40. The third kappa shape index (κ3) is 3.05. The maximum atomic E-state index is 13.2. The molecule has 1 aliphatic rings. The highest BCUT2D eigenvalue weighted by Crippen LogP contribution is 2.16. The quantitative estimate of drug-likeness (QED) is 0.620. The van der Waals surface area contributed by atoms with E-state index in [4.69, 9.17) is 10.5 Å². The van der Waals surface area contributed by atoms with E-state index in [0.717, 1.165) is 24.2 Å². The van der Waals surface area contributed by atoms with Crippen LogP contribution in [0.4, 0.5) is 4.39 Å². The first kappa shape index (κ1) is 15.5. The number of carbonyl (C=O) groups is 1. The van der Waals surface area contributed by atoms with Crippen molar-refractivity contribution < 1.29 is 14.3 Å². The fourth-order valence-corrected chi connectivity index (χ4v) is 1.89. The zero-order chi connectivity index (χ0) is 16.3. The van der Waals surface area contributed by atoms with Crippen LogP contribution in [0.25, 0.3) is 0 Å². The predicted octanol–water partition coefficient (Wildman–Crippen LogP) is 0.914. The SMILES string of the molecule is CC1=CN/C(=C(\C=N)CNC(=O)c2cnc(O)c(F)c2)N1C. The molecule has 7 nitrogen and oxygen atoms in total. The topological polar surface area (TPSA) is 101 Å². The van der Waals surface area contributed by atoms with Crippen molar-refractivity contribution in [1.29, 1.82) is 5.41 Å². The molecular weight excluding hydrogens is 289 g/mol. The van der Waals surface area contributed by atoms with Gasteiger partial charge in [-0.05, 0) is 13.0 Å². The number of hydrogen-bond acceptors (Lipinski definition) is 6. The Labute approximate surface area is 126 Å². The maximum absolute atomic E-state index is 13.2. The van der Waals surface area contributed by atoms with E-state index in [2.05, 4.69) is 15.6 Å². The average Bonchev–Trinajstić information content (AvgIpc) is 2.83. The second-order valence-corrected chi connectivity index (χ2v) is 4.72. The van der Waals surface area contributed by atoms with Gasteiger partial charge in [-0.1, -0.05) is 0 Å². The number of allylic oxidation sites excluding steroid dienone is 1. The average molecular weight is 305 g/mol. The lowest BCUT2D eigenvalue weighted by molar-refractivity contribution is 0.0956. The van der Waals surface area contributed by atoms with E-state index >= 15 is 0 Å². The zero-order valence-corrected chi connectivity index (χ0v) is 12.1. The fraction of sp³-hybridized carbons (Fsp3) is 0.214. The predicted molar refractivity (Wildman–Crippen MR) is 78.7 cm³/mol. The van der Waals surface area contributed by atoms with Crippen LogP contribution < -0.4 is 10.6 Å². The van der Waals surface area contributed by atoms with Gasteiger partial charge in [0.15, 0.2) is 5.82 Å². The maximum Gasteiger partial charge on any atom is 0.253 e. The highest BCUT2D eigenvalue weighted by molar-refractivity contribution is 5.94. The normalized spacial score (nSPS) is 16.0. The van der Waals surface area contributed by atoms with Crippen molar-refractivity contribution >= 4 is 12.1 Å². The van der Waals surface area contributed by atoms with Gasteiger partial charge in [-0.15, -0.1) is 0 Å². The lowest BCUT2D eigenvalue weighted by atomic mass is 10.2. The van der Waals surface area contributed by atoms with Crippen molar-refractivity contribution in [3.05, 3.63) is 46.9 Å². The summed E-state index contributed by atoms with van der Waals surface area (Å²) in [6, 6.07) is 0.903. The molecule has 0 fully saturated rings. The van der Waals surface area contributed by atoms with Crippen LogP contribution >= 0.6 is 0 Å². The van der Waals surface area contributed by atoms with Gasteiger partial charge in [-0.2, -0.15) is 0 Å². The van der Waals surface area contributed by atoms with Crippen LogP contribution in [0.2, 0.25) is 0 Å². The second kappa shape index (κ2) is 6.25. The molecule has 116 valence electrons. The number of halogens is 1. The number of amides is 1. The molecule has 0 aromatic carbocycles. The van der Waals surface area contributed by atoms with Gasteiger partial charge < -0.3 is 26.0 Å². The van der Waals surface area contributed by atoms with E-state index in [9.17, 15) is 9.18 Å². The minimum Gasteiger partial charge on any atom is -0.491 e. The van der Waals surface area contributed by atoms with E-state index in [1.165, 1.54) is 0 Å². The Balaban J connectivity index is 2.08. The lowest BCUT2D eigenvalue weighted by Gasteiger charge is -2.18. The molecule has 4 N–H and O–H groups in total. The fourth-order valence-electron chi connectivity index (χ4n) is 1.89. The van der Waals surface area contributed by atoms with Crippen molar-refractivity contribution in [1.82, 2.24) is 20.5 Å². The molecule has 1 aromatic rings. The zero-order valence-electron chi connectivity index (χ0n) is 12.1. The van der Waals surface area contributed by atoms with E-state index in [-0.39, 0.29) is 12.1 Å². The summed E-state index contributed by atoms with van der Waals surface area (Å²) in [4.78, 5) is 17.2. The number of aromatic nitrogens is 1. The van der Waals surface area contributed by atoms with Crippen LogP contribution in [0.1, 0.15) is 17.3 Å². The summed E-state index contributed by atoms with van der Waals surface area (Å²) in [5.74, 6) is -1.56. The lowest BCUT2D eigenvalue weighted by Crippen LogP contribution is -2.29. The first-order valence-electron chi connectivity index (χ1n) is 6.47. The Bertz CT molecular complexity index is 684. The summed E-state index contributed by atoms with van der Waals surface area (Å²) in [5.41, 5.74) is 1.54. The number of nitrogens with one attached hydrogen (secondary N) is 3. The molecule has 1 amide bonds. The van der Waals surface area contributed by atoms with Gasteiger partial charge in [-0.3, -0.25) is 4.79 Å². The van der Waals surface area contributed by atoms with E-state index in [1.807, 2.05) is 18.9 Å². The molecule has 8 heteroatoms. The van der Waals surface area contributed by atoms with Crippen LogP contribution in [-0.4, -0.2) is 40.7 Å². The number of aromatic hydroxyl groups is 1. The Morgan fingerprint density at radius 1 is 1.64 bits per heavy atom. The Hall–Kier alpha value is -2.90. The van der Waals surface area contributed by atoms with Crippen molar-refractivity contribution in [2.24, 2.45) is 0 Å².